The molecule has 4 heteroatoms. The molecule has 0 bridgehead atoms. The molecule has 1 unspecified atom stereocenters. The molecule has 68 valence electrons. The SMILES string of the molecule is O=C1CCNCC1c1cnccn1. The van der Waals surface area contributed by atoms with Crippen molar-refractivity contribution in [3.63, 3.8) is 0 Å². The number of carbonyl (C=O) groups excluding carboxylic acids is 1. The minimum atomic E-state index is -0.0950. The van der Waals surface area contributed by atoms with Gasteiger partial charge in [-0.25, -0.2) is 0 Å². The van der Waals surface area contributed by atoms with Crippen molar-refractivity contribution in [1.29, 1.82) is 0 Å². The molecule has 2 rings (SSSR count). The van der Waals surface area contributed by atoms with Crippen LogP contribution in [0.4, 0.5) is 0 Å². The molecule has 4 nitrogen and oxygen atoms in total. The summed E-state index contributed by atoms with van der Waals surface area (Å²) in [4.78, 5) is 19.6. The van der Waals surface area contributed by atoms with Crippen molar-refractivity contribution < 1.29 is 4.79 Å². The van der Waals surface area contributed by atoms with Crippen LogP contribution in [-0.2, 0) is 4.79 Å². The Hall–Kier alpha value is -1.29. The lowest BCUT2D eigenvalue weighted by molar-refractivity contribution is -0.121. The number of nitrogens with one attached hydrogen (secondary N) is 1. The second-order valence-corrected chi connectivity index (χ2v) is 3.10. The predicted octanol–water partition coefficient (Wildman–Crippen LogP) is 0.123. The number of aromatic nitrogens is 2. The van der Waals surface area contributed by atoms with Gasteiger partial charge in [0.25, 0.3) is 0 Å². The van der Waals surface area contributed by atoms with E-state index < -0.39 is 0 Å². The molecule has 0 radical (unpaired) electrons. The first-order valence-corrected chi connectivity index (χ1v) is 4.37. The number of Topliss-reactive ketones (excluding diaryl/α,β-unsaturated/α-hetero) is 1. The van der Waals surface area contributed by atoms with Crippen LogP contribution in [0, 0.1) is 0 Å². The second-order valence-electron chi connectivity index (χ2n) is 3.10. The minimum Gasteiger partial charge on any atom is -0.315 e. The number of ketones is 1. The van der Waals surface area contributed by atoms with Crippen LogP contribution in [0.5, 0.6) is 0 Å². The maximum atomic E-state index is 11.5. The van der Waals surface area contributed by atoms with E-state index in [0.29, 0.717) is 13.0 Å². The molecule has 1 fully saturated rings. The Bertz CT molecular complexity index is 299. The van der Waals surface area contributed by atoms with E-state index in [1.807, 2.05) is 0 Å². The van der Waals surface area contributed by atoms with Gasteiger partial charge in [0.05, 0.1) is 11.6 Å². The number of hydrogen-bond acceptors (Lipinski definition) is 4. The van der Waals surface area contributed by atoms with Gasteiger partial charge in [0.1, 0.15) is 5.78 Å². The molecule has 0 spiro atoms. The Balaban J connectivity index is 2.20. The largest absolute Gasteiger partial charge is 0.315 e. The molecule has 0 aromatic carbocycles. The van der Waals surface area contributed by atoms with E-state index in [-0.39, 0.29) is 11.7 Å². The van der Waals surface area contributed by atoms with Crippen LogP contribution < -0.4 is 5.32 Å². The van der Waals surface area contributed by atoms with E-state index in [0.717, 1.165) is 12.2 Å². The molecule has 2 heterocycles. The fourth-order valence-electron chi connectivity index (χ4n) is 1.51. The van der Waals surface area contributed by atoms with Crippen LogP contribution in [0.25, 0.3) is 0 Å². The maximum absolute atomic E-state index is 11.5. The third-order valence-corrected chi connectivity index (χ3v) is 2.23. The summed E-state index contributed by atoms with van der Waals surface area (Å²) in [5.74, 6) is 0.168. The number of hydrogen-bond donors (Lipinski definition) is 1. The van der Waals surface area contributed by atoms with Gasteiger partial charge in [-0.15, -0.1) is 0 Å². The van der Waals surface area contributed by atoms with Crippen molar-refractivity contribution in [3.05, 3.63) is 24.3 Å². The van der Waals surface area contributed by atoms with Crippen molar-refractivity contribution in [3.8, 4) is 0 Å². The van der Waals surface area contributed by atoms with E-state index in [1.165, 1.54) is 0 Å². The summed E-state index contributed by atoms with van der Waals surface area (Å²) < 4.78 is 0. The van der Waals surface area contributed by atoms with Crippen LogP contribution in [0.2, 0.25) is 0 Å². The van der Waals surface area contributed by atoms with Gasteiger partial charge in [-0.2, -0.15) is 0 Å². The van der Waals surface area contributed by atoms with Gasteiger partial charge < -0.3 is 5.32 Å². The van der Waals surface area contributed by atoms with Crippen molar-refractivity contribution in [1.82, 2.24) is 15.3 Å². The number of rotatable bonds is 1. The standard InChI is InChI=1S/C9H11N3O/c13-9-1-2-10-5-7(9)8-6-11-3-4-12-8/h3-4,6-7,10H,1-2,5H2. The predicted molar refractivity (Wildman–Crippen MR) is 47.3 cm³/mol. The number of carbonyl (C=O) groups is 1. The summed E-state index contributed by atoms with van der Waals surface area (Å²) in [5.41, 5.74) is 0.778. The summed E-state index contributed by atoms with van der Waals surface area (Å²) >= 11 is 0. The van der Waals surface area contributed by atoms with Gasteiger partial charge in [0, 0.05) is 38.1 Å². The lowest BCUT2D eigenvalue weighted by Gasteiger charge is -2.20. The molecular weight excluding hydrogens is 166 g/mol. The van der Waals surface area contributed by atoms with Gasteiger partial charge in [-0.05, 0) is 0 Å². The third-order valence-electron chi connectivity index (χ3n) is 2.23. The zero-order valence-electron chi connectivity index (χ0n) is 7.23. The summed E-state index contributed by atoms with van der Waals surface area (Å²) in [5, 5.41) is 3.18. The lowest BCUT2D eigenvalue weighted by Crippen LogP contribution is -2.35. The fourth-order valence-corrected chi connectivity index (χ4v) is 1.51. The van der Waals surface area contributed by atoms with E-state index >= 15 is 0 Å². The maximum Gasteiger partial charge on any atom is 0.144 e. The number of piperidine rings is 1. The molecule has 0 amide bonds. The zero-order valence-corrected chi connectivity index (χ0v) is 7.23. The minimum absolute atomic E-state index is 0.0950. The molecule has 1 aliphatic heterocycles. The summed E-state index contributed by atoms with van der Waals surface area (Å²) in [6, 6.07) is 0. The highest BCUT2D eigenvalue weighted by atomic mass is 16.1. The van der Waals surface area contributed by atoms with E-state index in [1.54, 1.807) is 18.6 Å². The van der Waals surface area contributed by atoms with Crippen LogP contribution in [0.3, 0.4) is 0 Å². The van der Waals surface area contributed by atoms with Gasteiger partial charge >= 0.3 is 0 Å². The molecule has 1 aliphatic rings. The summed E-state index contributed by atoms with van der Waals surface area (Å²) in [7, 11) is 0. The lowest BCUT2D eigenvalue weighted by atomic mass is 9.95. The van der Waals surface area contributed by atoms with Crippen molar-refractivity contribution in [2.75, 3.05) is 13.1 Å². The van der Waals surface area contributed by atoms with Crippen LogP contribution in [-0.4, -0.2) is 28.8 Å². The summed E-state index contributed by atoms with van der Waals surface area (Å²) in [6.07, 6.45) is 5.50. The average Bonchev–Trinajstić information content (AvgIpc) is 2.20. The zero-order chi connectivity index (χ0) is 9.10. The smallest absolute Gasteiger partial charge is 0.144 e. The normalized spacial score (nSPS) is 23.1. The third kappa shape index (κ3) is 1.72. The van der Waals surface area contributed by atoms with Gasteiger partial charge in [0.2, 0.25) is 0 Å². The van der Waals surface area contributed by atoms with E-state index in [4.69, 9.17) is 0 Å². The second kappa shape index (κ2) is 3.62. The number of nitrogens with zero attached hydrogens (tertiary/aromatic N) is 2. The molecule has 0 aliphatic carbocycles. The highest BCUT2D eigenvalue weighted by molar-refractivity contribution is 5.86. The highest BCUT2D eigenvalue weighted by Crippen LogP contribution is 2.16. The molecule has 13 heavy (non-hydrogen) atoms. The molecular formula is C9H11N3O. The Morgan fingerprint density at radius 2 is 2.38 bits per heavy atom. The monoisotopic (exact) mass is 177 g/mol. The molecule has 1 aromatic rings. The molecule has 1 aromatic heterocycles. The van der Waals surface area contributed by atoms with Gasteiger partial charge in [-0.1, -0.05) is 0 Å². The summed E-state index contributed by atoms with van der Waals surface area (Å²) in [6.45, 7) is 1.48. The Morgan fingerprint density at radius 3 is 3.08 bits per heavy atom. The Labute approximate surface area is 76.4 Å². The van der Waals surface area contributed by atoms with E-state index in [2.05, 4.69) is 15.3 Å². The van der Waals surface area contributed by atoms with Gasteiger partial charge in [-0.3, -0.25) is 14.8 Å². The van der Waals surface area contributed by atoms with Crippen LogP contribution in [0.15, 0.2) is 18.6 Å². The topological polar surface area (TPSA) is 54.9 Å². The van der Waals surface area contributed by atoms with Crippen LogP contribution >= 0.6 is 0 Å². The Kier molecular flexibility index (Phi) is 2.31. The average molecular weight is 177 g/mol. The van der Waals surface area contributed by atoms with Gasteiger partial charge in [0.15, 0.2) is 0 Å². The van der Waals surface area contributed by atoms with Crippen LogP contribution in [0.1, 0.15) is 18.0 Å². The quantitative estimate of drug-likeness (QED) is 0.662. The highest BCUT2D eigenvalue weighted by Gasteiger charge is 2.24. The molecule has 1 N–H and O–H groups in total. The van der Waals surface area contributed by atoms with E-state index in [9.17, 15) is 4.79 Å². The molecule has 1 atom stereocenters. The first-order chi connectivity index (χ1) is 6.38. The fraction of sp³-hybridized carbons (Fsp3) is 0.444. The van der Waals surface area contributed by atoms with Crippen molar-refractivity contribution in [2.24, 2.45) is 0 Å². The Morgan fingerprint density at radius 1 is 1.46 bits per heavy atom. The molecule has 1 saturated heterocycles. The van der Waals surface area contributed by atoms with Crippen molar-refractivity contribution >= 4 is 5.78 Å². The first kappa shape index (κ1) is 8.31. The van der Waals surface area contributed by atoms with Crippen molar-refractivity contribution in [2.45, 2.75) is 12.3 Å². The first-order valence-electron chi connectivity index (χ1n) is 4.37. The molecule has 0 saturated carbocycles.